The fourth-order valence-corrected chi connectivity index (χ4v) is 5.33. The van der Waals surface area contributed by atoms with Crippen molar-refractivity contribution in [3.05, 3.63) is 77.0 Å². The highest BCUT2D eigenvalue weighted by Gasteiger charge is 2.25. The molecule has 0 heterocycles. The van der Waals surface area contributed by atoms with Crippen molar-refractivity contribution in [1.29, 1.82) is 0 Å². The zero-order valence-electron chi connectivity index (χ0n) is 21.4. The Kier molecular flexibility index (Phi) is 8.63. The predicted octanol–water partition coefficient (Wildman–Crippen LogP) is 9.38. The van der Waals surface area contributed by atoms with Crippen LogP contribution in [0.1, 0.15) is 100 Å². The van der Waals surface area contributed by atoms with E-state index in [0.717, 1.165) is 11.8 Å². The largest absolute Gasteiger partial charge is 0.359 e. The molecule has 0 aliphatic heterocycles. The zero-order chi connectivity index (χ0) is 23.3. The Morgan fingerprint density at radius 3 is 2.16 bits per heavy atom. The maximum Gasteiger partial charge on any atom is 0.0411 e. The minimum atomic E-state index is 0.516. The number of allylic oxidation sites excluding steroid dienone is 1. The van der Waals surface area contributed by atoms with Crippen LogP contribution in [0.2, 0.25) is 0 Å². The molecule has 0 saturated heterocycles. The lowest BCUT2D eigenvalue weighted by Gasteiger charge is -2.24. The van der Waals surface area contributed by atoms with Crippen molar-refractivity contribution in [2.24, 2.45) is 17.8 Å². The molecule has 32 heavy (non-hydrogen) atoms. The average molecular weight is 432 g/mol. The van der Waals surface area contributed by atoms with Gasteiger partial charge >= 0.3 is 0 Å². The molecule has 0 bridgehead atoms. The van der Waals surface area contributed by atoms with E-state index in [1.807, 2.05) is 0 Å². The Morgan fingerprint density at radius 1 is 0.938 bits per heavy atom. The van der Waals surface area contributed by atoms with Crippen molar-refractivity contribution < 1.29 is 0 Å². The van der Waals surface area contributed by atoms with Crippen molar-refractivity contribution in [2.45, 2.75) is 91.9 Å². The molecule has 0 spiro atoms. The minimum Gasteiger partial charge on any atom is -0.359 e. The summed E-state index contributed by atoms with van der Waals surface area (Å²) in [5.74, 6) is 3.44. The quantitative estimate of drug-likeness (QED) is 0.395. The van der Waals surface area contributed by atoms with Crippen molar-refractivity contribution in [1.82, 2.24) is 0 Å². The number of nitrogens with one attached hydrogen (secondary N) is 1. The van der Waals surface area contributed by atoms with Crippen molar-refractivity contribution in [3.8, 4) is 0 Å². The minimum absolute atomic E-state index is 0.516. The monoisotopic (exact) mass is 431 g/mol. The van der Waals surface area contributed by atoms with E-state index in [4.69, 9.17) is 0 Å². The first-order chi connectivity index (χ1) is 15.2. The van der Waals surface area contributed by atoms with Gasteiger partial charge in [0.25, 0.3) is 0 Å². The summed E-state index contributed by atoms with van der Waals surface area (Å²) in [6.45, 7) is 18.3. The molecule has 1 N–H and O–H groups in total. The average Bonchev–Trinajstić information content (AvgIpc) is 3.17. The van der Waals surface area contributed by atoms with Crippen molar-refractivity contribution in [2.75, 3.05) is 5.32 Å². The fraction of sp³-hybridized carbons (Fsp3) is 0.548. The van der Waals surface area contributed by atoms with Gasteiger partial charge < -0.3 is 5.32 Å². The SMILES string of the molecule is C=C(Nc1ccc(C(C)CC[C@@H](C)c2ccc(C)cc2)cc1C)[C@@H](C)C[C@@H]1CCC[C@@H]1C. The molecule has 5 atom stereocenters. The Morgan fingerprint density at radius 2 is 1.56 bits per heavy atom. The summed E-state index contributed by atoms with van der Waals surface area (Å²) in [6, 6.07) is 16.0. The first-order valence-corrected chi connectivity index (χ1v) is 12.9. The van der Waals surface area contributed by atoms with E-state index in [9.17, 15) is 0 Å². The van der Waals surface area contributed by atoms with Crippen LogP contribution in [0.3, 0.4) is 0 Å². The van der Waals surface area contributed by atoms with Gasteiger partial charge in [0.1, 0.15) is 0 Å². The van der Waals surface area contributed by atoms with Gasteiger partial charge in [0, 0.05) is 11.4 Å². The van der Waals surface area contributed by atoms with Gasteiger partial charge in [-0.3, -0.25) is 0 Å². The first-order valence-electron chi connectivity index (χ1n) is 12.9. The first kappa shape index (κ1) is 24.6. The molecule has 0 aromatic heterocycles. The number of hydrogen-bond acceptors (Lipinski definition) is 1. The Balaban J connectivity index is 1.53. The molecule has 1 aliphatic rings. The maximum absolute atomic E-state index is 4.39. The Labute approximate surface area is 197 Å². The second-order valence-electron chi connectivity index (χ2n) is 10.8. The third-order valence-electron chi connectivity index (χ3n) is 8.08. The van der Waals surface area contributed by atoms with Gasteiger partial charge in [-0.05, 0) is 85.5 Å². The highest BCUT2D eigenvalue weighted by Crippen LogP contribution is 2.37. The third kappa shape index (κ3) is 6.50. The molecular weight excluding hydrogens is 386 g/mol. The molecule has 174 valence electrons. The second kappa shape index (κ2) is 11.2. The lowest BCUT2D eigenvalue weighted by molar-refractivity contribution is 0.352. The number of rotatable bonds is 10. The Hall–Kier alpha value is -2.02. The predicted molar refractivity (Wildman–Crippen MR) is 141 cm³/mol. The zero-order valence-corrected chi connectivity index (χ0v) is 21.4. The molecule has 1 unspecified atom stereocenters. The molecule has 1 aliphatic carbocycles. The number of anilines is 1. The van der Waals surface area contributed by atoms with Gasteiger partial charge in [0.15, 0.2) is 0 Å². The molecule has 2 aromatic rings. The highest BCUT2D eigenvalue weighted by atomic mass is 14.9. The van der Waals surface area contributed by atoms with Gasteiger partial charge in [-0.2, -0.15) is 0 Å². The highest BCUT2D eigenvalue weighted by molar-refractivity contribution is 5.56. The molecule has 1 fully saturated rings. The van der Waals surface area contributed by atoms with Crippen LogP contribution in [0.25, 0.3) is 0 Å². The molecule has 3 rings (SSSR count). The van der Waals surface area contributed by atoms with E-state index in [-0.39, 0.29) is 0 Å². The maximum atomic E-state index is 4.39. The molecule has 1 saturated carbocycles. The van der Waals surface area contributed by atoms with E-state index >= 15 is 0 Å². The lowest BCUT2D eigenvalue weighted by atomic mass is 9.87. The van der Waals surface area contributed by atoms with Gasteiger partial charge in [-0.25, -0.2) is 0 Å². The summed E-state index contributed by atoms with van der Waals surface area (Å²) in [6.07, 6.45) is 7.90. The van der Waals surface area contributed by atoms with E-state index < -0.39 is 0 Å². The van der Waals surface area contributed by atoms with Crippen LogP contribution in [-0.4, -0.2) is 0 Å². The molecule has 2 aromatic carbocycles. The number of benzene rings is 2. The van der Waals surface area contributed by atoms with E-state index in [1.165, 1.54) is 72.2 Å². The van der Waals surface area contributed by atoms with Gasteiger partial charge in [-0.1, -0.05) is 95.5 Å². The molecule has 1 nitrogen and oxygen atoms in total. The van der Waals surface area contributed by atoms with E-state index in [0.29, 0.717) is 17.8 Å². The lowest BCUT2D eigenvalue weighted by Crippen LogP contribution is -2.15. The summed E-state index contributed by atoms with van der Waals surface area (Å²) in [7, 11) is 0. The van der Waals surface area contributed by atoms with Crippen LogP contribution in [0.5, 0.6) is 0 Å². The van der Waals surface area contributed by atoms with Crippen molar-refractivity contribution in [3.63, 3.8) is 0 Å². The van der Waals surface area contributed by atoms with Gasteiger partial charge in [0.05, 0.1) is 0 Å². The van der Waals surface area contributed by atoms with Crippen LogP contribution >= 0.6 is 0 Å². The van der Waals surface area contributed by atoms with Crippen LogP contribution in [0, 0.1) is 31.6 Å². The summed E-state index contributed by atoms with van der Waals surface area (Å²) in [5, 5.41) is 3.65. The van der Waals surface area contributed by atoms with E-state index in [2.05, 4.69) is 95.9 Å². The summed E-state index contributed by atoms with van der Waals surface area (Å²) in [5.41, 5.74) is 7.94. The van der Waals surface area contributed by atoms with Crippen molar-refractivity contribution >= 4 is 5.69 Å². The number of hydrogen-bond donors (Lipinski definition) is 1. The van der Waals surface area contributed by atoms with Crippen LogP contribution in [0.4, 0.5) is 5.69 Å². The second-order valence-corrected chi connectivity index (χ2v) is 10.8. The normalized spacial score (nSPS) is 21.2. The van der Waals surface area contributed by atoms with Crippen LogP contribution in [-0.2, 0) is 0 Å². The van der Waals surface area contributed by atoms with Crippen LogP contribution in [0.15, 0.2) is 54.7 Å². The molecule has 0 radical (unpaired) electrons. The summed E-state index contributed by atoms with van der Waals surface area (Å²) in [4.78, 5) is 0. The summed E-state index contributed by atoms with van der Waals surface area (Å²) >= 11 is 0. The van der Waals surface area contributed by atoms with Crippen LogP contribution < -0.4 is 5.32 Å². The smallest absolute Gasteiger partial charge is 0.0411 e. The Bertz CT molecular complexity index is 878. The topological polar surface area (TPSA) is 12.0 Å². The molecular formula is C31H45N. The standard InChI is InChI=1S/C31H45N/c1-21-11-15-28(16-12-21)23(3)13-14-24(4)30-17-18-31(26(6)20-30)32-27(7)25(5)19-29-10-8-9-22(29)2/h11-12,15-18,20,22-25,29,32H,7-10,13-14,19H2,1-6H3/t22-,23+,24?,25-,29-/m0/s1. The number of aryl methyl sites for hydroxylation is 2. The van der Waals surface area contributed by atoms with Gasteiger partial charge in [0.2, 0.25) is 0 Å². The molecule has 1 heteroatoms. The fourth-order valence-electron chi connectivity index (χ4n) is 5.33. The molecule has 0 amide bonds. The van der Waals surface area contributed by atoms with Gasteiger partial charge in [-0.15, -0.1) is 0 Å². The third-order valence-corrected chi connectivity index (χ3v) is 8.08. The summed E-state index contributed by atoms with van der Waals surface area (Å²) < 4.78 is 0. The van der Waals surface area contributed by atoms with E-state index in [1.54, 1.807) is 0 Å².